The van der Waals surface area contributed by atoms with Crippen molar-refractivity contribution in [3.05, 3.63) is 30.1 Å². The minimum absolute atomic E-state index is 0.146. The van der Waals surface area contributed by atoms with E-state index in [4.69, 9.17) is 5.84 Å². The first kappa shape index (κ1) is 17.5. The normalized spacial score (nSPS) is 12.6. The van der Waals surface area contributed by atoms with E-state index in [9.17, 15) is 4.39 Å². The first-order chi connectivity index (χ1) is 9.77. The number of rotatable bonds is 11. The SMILES string of the molecule is CCCCCCCCC(CSc1ccccc1F)NN. The Morgan fingerprint density at radius 2 is 1.85 bits per heavy atom. The summed E-state index contributed by atoms with van der Waals surface area (Å²) in [6.45, 7) is 2.23. The largest absolute Gasteiger partial charge is 0.271 e. The number of nitrogens with two attached hydrogens (primary N) is 1. The predicted molar refractivity (Wildman–Crippen MR) is 86.2 cm³/mol. The monoisotopic (exact) mass is 298 g/mol. The van der Waals surface area contributed by atoms with E-state index in [0.29, 0.717) is 4.90 Å². The summed E-state index contributed by atoms with van der Waals surface area (Å²) >= 11 is 1.53. The first-order valence-electron chi connectivity index (χ1n) is 7.61. The highest BCUT2D eigenvalue weighted by molar-refractivity contribution is 7.99. The topological polar surface area (TPSA) is 38.0 Å². The average molecular weight is 298 g/mol. The molecule has 2 nitrogen and oxygen atoms in total. The van der Waals surface area contributed by atoms with E-state index in [2.05, 4.69) is 12.3 Å². The molecule has 0 fully saturated rings. The summed E-state index contributed by atoms with van der Waals surface area (Å²) in [5.41, 5.74) is 2.85. The zero-order chi connectivity index (χ0) is 14.6. The second kappa shape index (κ2) is 11.1. The maximum Gasteiger partial charge on any atom is 0.136 e. The molecular weight excluding hydrogens is 271 g/mol. The summed E-state index contributed by atoms with van der Waals surface area (Å²) in [6.07, 6.45) is 8.78. The van der Waals surface area contributed by atoms with Crippen molar-refractivity contribution in [2.24, 2.45) is 5.84 Å². The van der Waals surface area contributed by atoms with Crippen molar-refractivity contribution in [3.8, 4) is 0 Å². The molecule has 0 aliphatic heterocycles. The lowest BCUT2D eigenvalue weighted by molar-refractivity contribution is 0.494. The maximum absolute atomic E-state index is 13.5. The fourth-order valence-electron chi connectivity index (χ4n) is 2.14. The fourth-order valence-corrected chi connectivity index (χ4v) is 3.16. The molecule has 3 N–H and O–H groups in total. The van der Waals surface area contributed by atoms with Crippen LogP contribution in [0.1, 0.15) is 51.9 Å². The lowest BCUT2D eigenvalue weighted by Crippen LogP contribution is -2.36. The Kier molecular flexibility index (Phi) is 9.71. The number of halogens is 1. The summed E-state index contributed by atoms with van der Waals surface area (Å²) in [6, 6.07) is 7.16. The molecule has 0 radical (unpaired) electrons. The number of hydrazine groups is 1. The molecule has 1 rings (SSSR count). The Morgan fingerprint density at radius 1 is 1.15 bits per heavy atom. The van der Waals surface area contributed by atoms with Crippen LogP contribution in [0.15, 0.2) is 29.2 Å². The third kappa shape index (κ3) is 7.27. The molecule has 1 aromatic carbocycles. The van der Waals surface area contributed by atoms with Gasteiger partial charge in [-0.3, -0.25) is 11.3 Å². The molecule has 114 valence electrons. The van der Waals surface area contributed by atoms with Crippen molar-refractivity contribution in [2.75, 3.05) is 5.75 Å². The lowest BCUT2D eigenvalue weighted by Gasteiger charge is -2.15. The van der Waals surface area contributed by atoms with Crippen molar-refractivity contribution in [1.29, 1.82) is 0 Å². The molecule has 4 heteroatoms. The molecule has 0 amide bonds. The van der Waals surface area contributed by atoms with E-state index in [1.54, 1.807) is 6.07 Å². The quantitative estimate of drug-likeness (QED) is 0.273. The van der Waals surface area contributed by atoms with E-state index in [0.717, 1.165) is 12.2 Å². The van der Waals surface area contributed by atoms with E-state index < -0.39 is 0 Å². The van der Waals surface area contributed by atoms with Crippen LogP contribution in [-0.4, -0.2) is 11.8 Å². The van der Waals surface area contributed by atoms with Crippen LogP contribution in [0.5, 0.6) is 0 Å². The van der Waals surface area contributed by atoms with Crippen molar-refractivity contribution in [2.45, 2.75) is 62.8 Å². The molecule has 0 aliphatic carbocycles. The number of unbranched alkanes of at least 4 members (excludes halogenated alkanes) is 5. The fraction of sp³-hybridized carbons (Fsp3) is 0.625. The Morgan fingerprint density at radius 3 is 2.55 bits per heavy atom. The second-order valence-electron chi connectivity index (χ2n) is 5.16. The van der Waals surface area contributed by atoms with Gasteiger partial charge in [0.2, 0.25) is 0 Å². The molecule has 0 spiro atoms. The minimum Gasteiger partial charge on any atom is -0.271 e. The molecule has 1 atom stereocenters. The van der Waals surface area contributed by atoms with Crippen LogP contribution in [0.2, 0.25) is 0 Å². The average Bonchev–Trinajstić information content (AvgIpc) is 2.47. The third-order valence-electron chi connectivity index (χ3n) is 3.42. The lowest BCUT2D eigenvalue weighted by atomic mass is 10.1. The second-order valence-corrected chi connectivity index (χ2v) is 6.22. The zero-order valence-corrected chi connectivity index (χ0v) is 13.2. The van der Waals surface area contributed by atoms with Gasteiger partial charge in [-0.1, -0.05) is 57.6 Å². The molecule has 1 aromatic rings. The van der Waals surface area contributed by atoms with Crippen LogP contribution < -0.4 is 11.3 Å². The van der Waals surface area contributed by atoms with Crippen LogP contribution in [0.25, 0.3) is 0 Å². The molecule has 0 aliphatic rings. The van der Waals surface area contributed by atoms with Gasteiger partial charge in [-0.25, -0.2) is 4.39 Å². The van der Waals surface area contributed by atoms with Gasteiger partial charge in [0.25, 0.3) is 0 Å². The number of nitrogens with one attached hydrogen (secondary N) is 1. The maximum atomic E-state index is 13.5. The van der Waals surface area contributed by atoms with Crippen LogP contribution >= 0.6 is 11.8 Å². The van der Waals surface area contributed by atoms with Gasteiger partial charge >= 0.3 is 0 Å². The van der Waals surface area contributed by atoms with Gasteiger partial charge in [-0.2, -0.15) is 0 Å². The molecular formula is C16H27FN2S. The van der Waals surface area contributed by atoms with Crippen LogP contribution in [0.3, 0.4) is 0 Å². The van der Waals surface area contributed by atoms with Gasteiger partial charge in [0.15, 0.2) is 0 Å². The van der Waals surface area contributed by atoms with E-state index in [-0.39, 0.29) is 11.9 Å². The summed E-state index contributed by atoms with van der Waals surface area (Å²) in [5, 5.41) is 0. The standard InChI is InChI=1S/C16H27FN2S/c1-2-3-4-5-6-7-10-14(19-18)13-20-16-12-9-8-11-15(16)17/h8-9,11-12,14,19H,2-7,10,13,18H2,1H3. The minimum atomic E-state index is -0.146. The van der Waals surface area contributed by atoms with Crippen LogP contribution in [-0.2, 0) is 0 Å². The van der Waals surface area contributed by atoms with Crippen molar-refractivity contribution >= 4 is 11.8 Å². The smallest absolute Gasteiger partial charge is 0.136 e. The summed E-state index contributed by atoms with van der Waals surface area (Å²) < 4.78 is 13.5. The van der Waals surface area contributed by atoms with Crippen molar-refractivity contribution < 1.29 is 4.39 Å². The van der Waals surface area contributed by atoms with Gasteiger partial charge in [0.1, 0.15) is 5.82 Å². The Labute approximate surface area is 126 Å². The number of thioether (sulfide) groups is 1. The van der Waals surface area contributed by atoms with E-state index in [1.165, 1.54) is 56.4 Å². The molecule has 0 heterocycles. The molecule has 0 saturated heterocycles. The number of benzene rings is 1. The highest BCUT2D eigenvalue weighted by Crippen LogP contribution is 2.23. The van der Waals surface area contributed by atoms with Gasteiger partial charge in [-0.05, 0) is 18.6 Å². The van der Waals surface area contributed by atoms with Gasteiger partial charge in [0, 0.05) is 16.7 Å². The van der Waals surface area contributed by atoms with E-state index >= 15 is 0 Å². The van der Waals surface area contributed by atoms with Gasteiger partial charge in [-0.15, -0.1) is 11.8 Å². The molecule has 0 saturated carbocycles. The number of hydrogen-bond acceptors (Lipinski definition) is 3. The number of hydrogen-bond donors (Lipinski definition) is 2. The predicted octanol–water partition coefficient (Wildman–Crippen LogP) is 4.50. The zero-order valence-electron chi connectivity index (χ0n) is 12.4. The molecule has 1 unspecified atom stereocenters. The highest BCUT2D eigenvalue weighted by atomic mass is 32.2. The Balaban J connectivity index is 2.18. The highest BCUT2D eigenvalue weighted by Gasteiger charge is 2.09. The summed E-state index contributed by atoms with van der Waals surface area (Å²) in [5.74, 6) is 6.25. The van der Waals surface area contributed by atoms with E-state index in [1.807, 2.05) is 12.1 Å². The molecule has 20 heavy (non-hydrogen) atoms. The van der Waals surface area contributed by atoms with Gasteiger partial charge in [0.05, 0.1) is 0 Å². The first-order valence-corrected chi connectivity index (χ1v) is 8.60. The summed E-state index contributed by atoms with van der Waals surface area (Å²) in [7, 11) is 0. The Bertz CT molecular complexity index is 360. The third-order valence-corrected chi connectivity index (χ3v) is 4.63. The summed E-state index contributed by atoms with van der Waals surface area (Å²) in [4.78, 5) is 0.704. The van der Waals surface area contributed by atoms with Gasteiger partial charge < -0.3 is 0 Å². The Hall–Kier alpha value is -0.580. The van der Waals surface area contributed by atoms with Crippen molar-refractivity contribution in [1.82, 2.24) is 5.43 Å². The van der Waals surface area contributed by atoms with Crippen LogP contribution in [0, 0.1) is 5.82 Å². The van der Waals surface area contributed by atoms with Crippen LogP contribution in [0.4, 0.5) is 4.39 Å². The molecule has 0 aromatic heterocycles. The molecule has 0 bridgehead atoms. The van der Waals surface area contributed by atoms with Crippen molar-refractivity contribution in [3.63, 3.8) is 0 Å².